The quantitative estimate of drug-likeness (QED) is 0.828. The van der Waals surface area contributed by atoms with E-state index in [1.165, 1.54) is 38.5 Å². The van der Waals surface area contributed by atoms with E-state index in [1.54, 1.807) is 0 Å². The summed E-state index contributed by atoms with van der Waals surface area (Å²) in [6.07, 6.45) is 8.50. The molecule has 3 nitrogen and oxygen atoms in total. The second-order valence-corrected chi connectivity index (χ2v) is 7.47. The van der Waals surface area contributed by atoms with Gasteiger partial charge in [-0.25, -0.2) is 0 Å². The first-order valence-corrected chi connectivity index (χ1v) is 7.90. The van der Waals surface area contributed by atoms with Crippen LogP contribution in [0, 0.1) is 23.2 Å². The Labute approximate surface area is 120 Å². The molecule has 4 N–H and O–H groups in total. The summed E-state index contributed by atoms with van der Waals surface area (Å²) < 4.78 is 6.10. The van der Waals surface area contributed by atoms with Crippen LogP contribution in [0.5, 0.6) is 5.75 Å². The molecule has 0 spiro atoms. The summed E-state index contributed by atoms with van der Waals surface area (Å²) in [5.41, 5.74) is 13.5. The van der Waals surface area contributed by atoms with Gasteiger partial charge in [0.1, 0.15) is 5.75 Å². The number of hydrogen-bond donors (Lipinski definition) is 2. The van der Waals surface area contributed by atoms with E-state index in [-0.39, 0.29) is 0 Å². The first kappa shape index (κ1) is 12.4. The largest absolute Gasteiger partial charge is 0.491 e. The molecule has 0 aliphatic heterocycles. The first-order chi connectivity index (χ1) is 9.63. The van der Waals surface area contributed by atoms with Crippen LogP contribution in [-0.4, -0.2) is 6.61 Å². The maximum absolute atomic E-state index is 6.10. The number of anilines is 2. The molecule has 4 aliphatic rings. The van der Waals surface area contributed by atoms with Crippen molar-refractivity contribution in [3.63, 3.8) is 0 Å². The molecule has 20 heavy (non-hydrogen) atoms. The van der Waals surface area contributed by atoms with Gasteiger partial charge in [0.25, 0.3) is 0 Å². The van der Waals surface area contributed by atoms with E-state index in [2.05, 4.69) is 0 Å². The summed E-state index contributed by atoms with van der Waals surface area (Å²) in [5.74, 6) is 3.65. The van der Waals surface area contributed by atoms with E-state index < -0.39 is 0 Å². The van der Waals surface area contributed by atoms with Gasteiger partial charge in [-0.3, -0.25) is 0 Å². The number of rotatable bonds is 3. The molecular formula is C17H24N2O. The van der Waals surface area contributed by atoms with Crippen molar-refractivity contribution in [3.05, 3.63) is 18.2 Å². The molecule has 4 fully saturated rings. The smallest absolute Gasteiger partial charge is 0.144 e. The van der Waals surface area contributed by atoms with E-state index in [0.29, 0.717) is 16.8 Å². The normalized spacial score (nSPS) is 38.1. The van der Waals surface area contributed by atoms with Gasteiger partial charge < -0.3 is 16.2 Å². The van der Waals surface area contributed by atoms with Crippen molar-refractivity contribution in [2.75, 3.05) is 18.1 Å². The number of hydrogen-bond acceptors (Lipinski definition) is 3. The summed E-state index contributed by atoms with van der Waals surface area (Å²) in [5, 5.41) is 0. The van der Waals surface area contributed by atoms with Crippen LogP contribution in [0.2, 0.25) is 0 Å². The monoisotopic (exact) mass is 272 g/mol. The van der Waals surface area contributed by atoms with Gasteiger partial charge in [-0.1, -0.05) is 6.07 Å². The standard InChI is InChI=1S/C17H24N2O/c18-14-2-1-3-15(16(14)19)20-10-17-7-11-4-12(8-17)6-13(5-11)9-17/h1-3,11-13H,4-10,18-19H2. The molecule has 1 aromatic rings. The molecule has 108 valence electrons. The molecule has 1 aromatic carbocycles. The van der Waals surface area contributed by atoms with Crippen LogP contribution >= 0.6 is 0 Å². The van der Waals surface area contributed by atoms with Gasteiger partial charge in [-0.15, -0.1) is 0 Å². The molecule has 4 bridgehead atoms. The highest BCUT2D eigenvalue weighted by Gasteiger charge is 2.51. The molecule has 0 heterocycles. The lowest BCUT2D eigenvalue weighted by Crippen LogP contribution is -2.48. The number of para-hydroxylation sites is 1. The van der Waals surface area contributed by atoms with Gasteiger partial charge >= 0.3 is 0 Å². The van der Waals surface area contributed by atoms with E-state index in [9.17, 15) is 0 Å². The maximum atomic E-state index is 6.10. The molecular weight excluding hydrogens is 248 g/mol. The van der Waals surface area contributed by atoms with Crippen molar-refractivity contribution in [2.45, 2.75) is 38.5 Å². The van der Waals surface area contributed by atoms with Crippen LogP contribution < -0.4 is 16.2 Å². The number of nitrogen functional groups attached to an aromatic ring is 2. The molecule has 0 radical (unpaired) electrons. The van der Waals surface area contributed by atoms with Crippen LogP contribution in [0.25, 0.3) is 0 Å². The van der Waals surface area contributed by atoms with Crippen LogP contribution in [0.3, 0.4) is 0 Å². The van der Waals surface area contributed by atoms with E-state index >= 15 is 0 Å². The Morgan fingerprint density at radius 1 is 1.00 bits per heavy atom. The third kappa shape index (κ3) is 1.95. The lowest BCUT2D eigenvalue weighted by molar-refractivity contribution is -0.0744. The summed E-state index contributed by atoms with van der Waals surface area (Å²) in [7, 11) is 0. The van der Waals surface area contributed by atoms with Crippen molar-refractivity contribution in [1.29, 1.82) is 0 Å². The third-order valence-corrected chi connectivity index (χ3v) is 5.80. The minimum absolute atomic E-state index is 0.422. The zero-order valence-electron chi connectivity index (χ0n) is 12.0. The highest BCUT2D eigenvalue weighted by atomic mass is 16.5. The summed E-state index contributed by atoms with van der Waals surface area (Å²) >= 11 is 0. The highest BCUT2D eigenvalue weighted by molar-refractivity contribution is 5.70. The van der Waals surface area contributed by atoms with E-state index in [0.717, 1.165) is 30.1 Å². The third-order valence-electron chi connectivity index (χ3n) is 5.80. The summed E-state index contributed by atoms with van der Waals surface area (Å²) in [4.78, 5) is 0. The molecule has 4 aliphatic carbocycles. The lowest BCUT2D eigenvalue weighted by Gasteiger charge is -2.56. The van der Waals surface area contributed by atoms with Crippen molar-refractivity contribution in [3.8, 4) is 5.75 Å². The van der Waals surface area contributed by atoms with Crippen LogP contribution in [0.15, 0.2) is 18.2 Å². The average molecular weight is 272 g/mol. The van der Waals surface area contributed by atoms with Crippen LogP contribution in [0.1, 0.15) is 38.5 Å². The Hall–Kier alpha value is -1.38. The van der Waals surface area contributed by atoms with Gasteiger partial charge in [0.05, 0.1) is 18.0 Å². The first-order valence-electron chi connectivity index (χ1n) is 7.90. The van der Waals surface area contributed by atoms with E-state index in [4.69, 9.17) is 16.2 Å². The Morgan fingerprint density at radius 3 is 2.20 bits per heavy atom. The fourth-order valence-electron chi connectivity index (χ4n) is 5.38. The minimum atomic E-state index is 0.422. The molecule has 0 amide bonds. The van der Waals surface area contributed by atoms with Gasteiger partial charge in [0.2, 0.25) is 0 Å². The number of benzene rings is 1. The Kier molecular flexibility index (Phi) is 2.66. The number of ether oxygens (including phenoxy) is 1. The molecule has 0 saturated heterocycles. The van der Waals surface area contributed by atoms with Crippen LogP contribution in [-0.2, 0) is 0 Å². The predicted octanol–water partition coefficient (Wildman–Crippen LogP) is 3.45. The second kappa shape index (κ2) is 4.31. The Balaban J connectivity index is 1.50. The topological polar surface area (TPSA) is 61.3 Å². The molecule has 3 heteroatoms. The fourth-order valence-corrected chi connectivity index (χ4v) is 5.38. The van der Waals surface area contributed by atoms with Crippen molar-refractivity contribution in [2.24, 2.45) is 23.2 Å². The van der Waals surface area contributed by atoms with Gasteiger partial charge in [0.15, 0.2) is 0 Å². The van der Waals surface area contributed by atoms with Crippen molar-refractivity contribution in [1.82, 2.24) is 0 Å². The minimum Gasteiger partial charge on any atom is -0.491 e. The molecule has 5 rings (SSSR count). The lowest BCUT2D eigenvalue weighted by atomic mass is 9.50. The number of nitrogens with two attached hydrogens (primary N) is 2. The zero-order chi connectivity index (χ0) is 13.7. The zero-order valence-corrected chi connectivity index (χ0v) is 12.0. The van der Waals surface area contributed by atoms with E-state index in [1.807, 2.05) is 18.2 Å². The molecule has 4 saturated carbocycles. The average Bonchev–Trinajstić information content (AvgIpc) is 2.39. The summed E-state index contributed by atoms with van der Waals surface area (Å²) in [6.45, 7) is 0.824. The van der Waals surface area contributed by atoms with Gasteiger partial charge in [-0.05, 0) is 68.4 Å². The predicted molar refractivity (Wildman–Crippen MR) is 81.4 cm³/mol. The van der Waals surface area contributed by atoms with Gasteiger partial charge in [-0.2, -0.15) is 0 Å². The SMILES string of the molecule is Nc1cccc(OCC23CC4CC(CC(C4)C2)C3)c1N. The van der Waals surface area contributed by atoms with Gasteiger partial charge in [0, 0.05) is 5.41 Å². The molecule has 0 aromatic heterocycles. The van der Waals surface area contributed by atoms with Crippen molar-refractivity contribution < 1.29 is 4.74 Å². The maximum Gasteiger partial charge on any atom is 0.144 e. The second-order valence-electron chi connectivity index (χ2n) is 7.47. The molecule has 0 atom stereocenters. The Bertz CT molecular complexity index is 490. The highest BCUT2D eigenvalue weighted by Crippen LogP contribution is 2.60. The molecule has 0 unspecified atom stereocenters. The fraction of sp³-hybridized carbons (Fsp3) is 0.647. The van der Waals surface area contributed by atoms with Crippen molar-refractivity contribution >= 4 is 11.4 Å². The Morgan fingerprint density at radius 2 is 1.60 bits per heavy atom. The summed E-state index contributed by atoms with van der Waals surface area (Å²) in [6, 6.07) is 5.68. The van der Waals surface area contributed by atoms with Crippen LogP contribution in [0.4, 0.5) is 11.4 Å².